The van der Waals surface area contributed by atoms with E-state index in [4.69, 9.17) is 27.9 Å². The van der Waals surface area contributed by atoms with Crippen molar-refractivity contribution in [1.82, 2.24) is 24.8 Å². The van der Waals surface area contributed by atoms with E-state index in [1.54, 1.807) is 4.90 Å². The van der Waals surface area contributed by atoms with Crippen LogP contribution in [0.1, 0.15) is 24.2 Å². The van der Waals surface area contributed by atoms with Crippen molar-refractivity contribution in [2.24, 2.45) is 0 Å². The van der Waals surface area contributed by atoms with Crippen LogP contribution in [0, 0.1) is 0 Å². The Bertz CT molecular complexity index is 1090. The molecular weight excluding hydrogens is 417 g/mol. The van der Waals surface area contributed by atoms with Crippen LogP contribution in [-0.4, -0.2) is 44.4 Å². The molecule has 0 saturated carbocycles. The number of nitrogens with one attached hydrogen (secondary N) is 4. The van der Waals surface area contributed by atoms with Gasteiger partial charge in [-0.25, -0.2) is 9.59 Å². The van der Waals surface area contributed by atoms with Crippen LogP contribution >= 0.6 is 23.2 Å². The zero-order valence-electron chi connectivity index (χ0n) is 14.7. The minimum absolute atomic E-state index is 0.0113. The molecule has 11 nitrogen and oxygen atoms in total. The molecule has 3 heterocycles. The van der Waals surface area contributed by atoms with E-state index in [0.29, 0.717) is 13.0 Å². The van der Waals surface area contributed by atoms with Crippen molar-refractivity contribution in [3.63, 3.8) is 0 Å². The first-order chi connectivity index (χ1) is 13.2. The fraction of sp³-hybridized carbons (Fsp3) is 0.400. The molecule has 4 N–H and O–H groups in total. The number of ether oxygens (including phenoxy) is 1. The SMILES string of the molecule is COCc1[nH]c(=O)[nH]c(=O)c1Cl.O=C1CCCN1Cc1[nH]c(=O)[nH]c(=O)c1Cl. The second-order valence-electron chi connectivity index (χ2n) is 5.75. The molecule has 28 heavy (non-hydrogen) atoms. The molecule has 1 saturated heterocycles. The second-order valence-corrected chi connectivity index (χ2v) is 6.51. The molecular formula is C15H17Cl2N5O6. The molecule has 2 aromatic rings. The van der Waals surface area contributed by atoms with Gasteiger partial charge < -0.3 is 19.6 Å². The number of H-pyrrole nitrogens is 4. The van der Waals surface area contributed by atoms with Crippen molar-refractivity contribution in [3.8, 4) is 0 Å². The van der Waals surface area contributed by atoms with E-state index in [2.05, 4.69) is 9.97 Å². The van der Waals surface area contributed by atoms with Crippen molar-refractivity contribution < 1.29 is 9.53 Å². The summed E-state index contributed by atoms with van der Waals surface area (Å²) in [6.45, 7) is 0.915. The van der Waals surface area contributed by atoms with Crippen molar-refractivity contribution in [3.05, 3.63) is 63.1 Å². The minimum Gasteiger partial charge on any atom is -0.378 e. The van der Waals surface area contributed by atoms with Gasteiger partial charge in [-0.3, -0.25) is 24.4 Å². The molecule has 0 atom stereocenters. The lowest BCUT2D eigenvalue weighted by Gasteiger charge is -2.15. The molecule has 0 unspecified atom stereocenters. The van der Waals surface area contributed by atoms with Crippen LogP contribution < -0.4 is 22.5 Å². The maximum atomic E-state index is 11.4. The number of hydrogen-bond donors (Lipinski definition) is 4. The molecule has 13 heteroatoms. The molecule has 0 radical (unpaired) electrons. The quantitative estimate of drug-likeness (QED) is 0.517. The highest BCUT2D eigenvalue weighted by Gasteiger charge is 2.21. The largest absolute Gasteiger partial charge is 0.378 e. The number of aromatic amines is 4. The first-order valence-electron chi connectivity index (χ1n) is 8.01. The maximum Gasteiger partial charge on any atom is 0.326 e. The smallest absolute Gasteiger partial charge is 0.326 e. The third-order valence-electron chi connectivity index (χ3n) is 3.72. The highest BCUT2D eigenvalue weighted by Crippen LogP contribution is 2.15. The fourth-order valence-corrected chi connectivity index (χ4v) is 2.75. The number of rotatable bonds is 4. The number of nitrogens with zero attached hydrogens (tertiary/aromatic N) is 1. The highest BCUT2D eigenvalue weighted by molar-refractivity contribution is 6.31. The van der Waals surface area contributed by atoms with Gasteiger partial charge in [-0.15, -0.1) is 0 Å². The first-order valence-corrected chi connectivity index (χ1v) is 8.77. The molecule has 1 aliphatic heterocycles. The zero-order valence-corrected chi connectivity index (χ0v) is 16.2. The van der Waals surface area contributed by atoms with Gasteiger partial charge in [0.25, 0.3) is 11.1 Å². The number of methoxy groups -OCH3 is 1. The average Bonchev–Trinajstić information content (AvgIpc) is 3.02. The van der Waals surface area contributed by atoms with E-state index in [1.807, 2.05) is 9.97 Å². The molecule has 0 bridgehead atoms. The van der Waals surface area contributed by atoms with E-state index in [9.17, 15) is 24.0 Å². The summed E-state index contributed by atoms with van der Waals surface area (Å²) in [6.07, 6.45) is 1.30. The van der Waals surface area contributed by atoms with Gasteiger partial charge in [-0.1, -0.05) is 23.2 Å². The maximum absolute atomic E-state index is 11.4. The minimum atomic E-state index is -0.632. The third kappa shape index (κ3) is 5.44. The number of amides is 1. The van der Waals surface area contributed by atoms with Gasteiger partial charge in [0.2, 0.25) is 5.91 Å². The normalized spacial score (nSPS) is 13.4. The second kappa shape index (κ2) is 9.53. The van der Waals surface area contributed by atoms with Crippen LogP contribution in [-0.2, 0) is 22.7 Å². The van der Waals surface area contributed by atoms with Gasteiger partial charge >= 0.3 is 11.4 Å². The summed E-state index contributed by atoms with van der Waals surface area (Å²) >= 11 is 11.3. The van der Waals surface area contributed by atoms with Crippen molar-refractivity contribution in [1.29, 1.82) is 0 Å². The monoisotopic (exact) mass is 433 g/mol. The Hall–Kier alpha value is -2.63. The molecule has 3 rings (SSSR count). The number of halogens is 2. The van der Waals surface area contributed by atoms with Crippen LogP contribution in [0.4, 0.5) is 0 Å². The predicted molar refractivity (Wildman–Crippen MR) is 101 cm³/mol. The first kappa shape index (κ1) is 21.7. The lowest BCUT2D eigenvalue weighted by molar-refractivity contribution is -0.128. The fourth-order valence-electron chi connectivity index (χ4n) is 2.45. The summed E-state index contributed by atoms with van der Waals surface area (Å²) in [5.41, 5.74) is -1.87. The van der Waals surface area contributed by atoms with Crippen LogP contribution in [0.15, 0.2) is 19.2 Å². The molecule has 2 aromatic heterocycles. The van der Waals surface area contributed by atoms with Crippen molar-refractivity contribution >= 4 is 29.1 Å². The van der Waals surface area contributed by atoms with Crippen LogP contribution in [0.5, 0.6) is 0 Å². The lowest BCUT2D eigenvalue weighted by atomic mass is 10.3. The number of likely N-dealkylation sites (tertiary alicyclic amines) is 1. The molecule has 0 aliphatic carbocycles. The van der Waals surface area contributed by atoms with Gasteiger partial charge in [-0.2, -0.15) is 0 Å². The summed E-state index contributed by atoms with van der Waals surface area (Å²) in [6, 6.07) is 0. The van der Waals surface area contributed by atoms with E-state index in [0.717, 1.165) is 6.42 Å². The molecule has 0 spiro atoms. The zero-order chi connectivity index (χ0) is 20.8. The Balaban J connectivity index is 0.000000209. The Morgan fingerprint density at radius 2 is 1.43 bits per heavy atom. The summed E-state index contributed by atoms with van der Waals surface area (Å²) in [4.78, 5) is 65.5. The molecule has 152 valence electrons. The standard InChI is InChI=1S/C9H10ClN3O3.C6H7ClN2O3/c10-7-5(11-9(16)12-8(7)15)4-13-3-1-2-6(13)14;1-12-2-3-4(7)5(10)9-6(11)8-3/h1-4H2,(H2,11,12,15,16);2H2,1H3,(H2,8,9,10,11). The van der Waals surface area contributed by atoms with Gasteiger partial charge in [0, 0.05) is 20.1 Å². The van der Waals surface area contributed by atoms with Crippen LogP contribution in [0.3, 0.4) is 0 Å². The Morgan fingerprint density at radius 3 is 1.93 bits per heavy atom. The van der Waals surface area contributed by atoms with Crippen LogP contribution in [0.25, 0.3) is 0 Å². The molecule has 1 fully saturated rings. The molecule has 1 amide bonds. The summed E-state index contributed by atoms with van der Waals surface area (Å²) < 4.78 is 4.71. The average molecular weight is 434 g/mol. The van der Waals surface area contributed by atoms with Crippen LogP contribution in [0.2, 0.25) is 10.0 Å². The van der Waals surface area contributed by atoms with E-state index < -0.39 is 22.5 Å². The van der Waals surface area contributed by atoms with Gasteiger partial charge in [0.05, 0.1) is 24.5 Å². The summed E-state index contributed by atoms with van der Waals surface area (Å²) in [7, 11) is 1.44. The number of hydrogen-bond acceptors (Lipinski definition) is 6. The predicted octanol–water partition coefficient (Wildman–Crippen LogP) is -0.298. The Morgan fingerprint density at radius 1 is 0.893 bits per heavy atom. The van der Waals surface area contributed by atoms with Crippen molar-refractivity contribution in [2.75, 3.05) is 13.7 Å². The highest BCUT2D eigenvalue weighted by atomic mass is 35.5. The summed E-state index contributed by atoms with van der Waals surface area (Å²) in [5, 5.41) is -0.115. The van der Waals surface area contributed by atoms with E-state index in [1.165, 1.54) is 7.11 Å². The Labute approximate surface area is 166 Å². The Kier molecular flexibility index (Phi) is 7.38. The van der Waals surface area contributed by atoms with E-state index in [-0.39, 0.29) is 40.5 Å². The van der Waals surface area contributed by atoms with Gasteiger partial charge in [-0.05, 0) is 6.42 Å². The number of carbonyl (C=O) groups is 1. The van der Waals surface area contributed by atoms with E-state index >= 15 is 0 Å². The third-order valence-corrected chi connectivity index (χ3v) is 4.52. The van der Waals surface area contributed by atoms with Gasteiger partial charge in [0.15, 0.2) is 0 Å². The lowest BCUT2D eigenvalue weighted by Crippen LogP contribution is -2.30. The topological polar surface area (TPSA) is 161 Å². The van der Waals surface area contributed by atoms with Crippen molar-refractivity contribution in [2.45, 2.75) is 26.0 Å². The summed E-state index contributed by atoms with van der Waals surface area (Å²) in [5.74, 6) is 0.0113. The molecule has 1 aliphatic rings. The number of aromatic nitrogens is 4. The number of carbonyl (C=O) groups excluding carboxylic acids is 1. The van der Waals surface area contributed by atoms with Gasteiger partial charge in [0.1, 0.15) is 10.0 Å². The molecule has 0 aromatic carbocycles.